The van der Waals surface area contributed by atoms with Crippen LogP contribution in [0.3, 0.4) is 0 Å². The Kier molecular flexibility index (Phi) is 4.01. The Morgan fingerprint density at radius 2 is 1.96 bits per heavy atom. The summed E-state index contributed by atoms with van der Waals surface area (Å²) in [7, 11) is 0. The van der Waals surface area contributed by atoms with Gasteiger partial charge in [-0.25, -0.2) is 0 Å². The molecule has 2 aromatic heterocycles. The molecule has 1 saturated heterocycles. The lowest BCUT2D eigenvalue weighted by Crippen LogP contribution is -2.33. The molecule has 1 fully saturated rings. The maximum atomic E-state index is 10.8. The molecule has 1 aliphatic rings. The fourth-order valence-electron chi connectivity index (χ4n) is 3.38. The summed E-state index contributed by atoms with van der Waals surface area (Å²) in [5.41, 5.74) is 1.72. The van der Waals surface area contributed by atoms with E-state index in [0.717, 1.165) is 43.1 Å². The van der Waals surface area contributed by atoms with Gasteiger partial charge in [0, 0.05) is 37.3 Å². The van der Waals surface area contributed by atoms with Crippen LogP contribution < -0.4 is 4.90 Å². The van der Waals surface area contributed by atoms with Crippen molar-refractivity contribution in [2.24, 2.45) is 0 Å². The molecule has 0 atom stereocenters. The number of nitro groups is 1. The zero-order chi connectivity index (χ0) is 17.4. The zero-order valence-corrected chi connectivity index (χ0v) is 14.1. The summed E-state index contributed by atoms with van der Waals surface area (Å²) in [5.74, 6) is 1.33. The number of hydrogen-bond acceptors (Lipinski definition) is 5. The number of aromatic nitrogens is 3. The lowest BCUT2D eigenvalue weighted by Gasteiger charge is -2.33. The standard InChI is InChI=1S/C17H16ClN5O2/c18-14-11-13(23(24)25)4-5-15(14)21-9-6-12(7-10-21)17-20-19-16-3-1-2-8-22(16)17/h1-5,8,11-12H,6-7,9-10H2. The van der Waals surface area contributed by atoms with E-state index in [0.29, 0.717) is 10.9 Å². The van der Waals surface area contributed by atoms with Gasteiger partial charge >= 0.3 is 0 Å². The number of benzene rings is 1. The van der Waals surface area contributed by atoms with Crippen molar-refractivity contribution in [2.45, 2.75) is 18.8 Å². The van der Waals surface area contributed by atoms with E-state index in [1.807, 2.05) is 28.8 Å². The molecule has 3 aromatic rings. The van der Waals surface area contributed by atoms with Crippen molar-refractivity contribution in [1.82, 2.24) is 14.6 Å². The van der Waals surface area contributed by atoms with Crippen LogP contribution in [0.1, 0.15) is 24.6 Å². The highest BCUT2D eigenvalue weighted by atomic mass is 35.5. The molecule has 25 heavy (non-hydrogen) atoms. The van der Waals surface area contributed by atoms with E-state index in [1.54, 1.807) is 6.07 Å². The fourth-order valence-corrected chi connectivity index (χ4v) is 3.68. The number of rotatable bonds is 3. The smallest absolute Gasteiger partial charge is 0.271 e. The predicted octanol–water partition coefficient (Wildman–Crippen LogP) is 3.67. The number of fused-ring (bicyclic) bond motifs is 1. The van der Waals surface area contributed by atoms with E-state index in [-0.39, 0.29) is 5.69 Å². The summed E-state index contributed by atoms with van der Waals surface area (Å²) in [6.07, 6.45) is 3.86. The van der Waals surface area contributed by atoms with E-state index in [2.05, 4.69) is 15.1 Å². The minimum atomic E-state index is -0.432. The van der Waals surface area contributed by atoms with Crippen molar-refractivity contribution in [1.29, 1.82) is 0 Å². The van der Waals surface area contributed by atoms with Gasteiger partial charge in [0.1, 0.15) is 5.82 Å². The predicted molar refractivity (Wildman–Crippen MR) is 95.3 cm³/mol. The first-order valence-electron chi connectivity index (χ1n) is 8.12. The molecule has 0 saturated carbocycles. The number of piperidine rings is 1. The molecule has 0 radical (unpaired) electrons. The van der Waals surface area contributed by atoms with Crippen LogP contribution in [-0.2, 0) is 0 Å². The minimum Gasteiger partial charge on any atom is -0.370 e. The van der Waals surface area contributed by atoms with Crippen molar-refractivity contribution in [3.05, 3.63) is 63.6 Å². The van der Waals surface area contributed by atoms with Crippen LogP contribution in [-0.4, -0.2) is 32.6 Å². The quantitative estimate of drug-likeness (QED) is 0.528. The Morgan fingerprint density at radius 1 is 1.16 bits per heavy atom. The summed E-state index contributed by atoms with van der Waals surface area (Å²) in [6.45, 7) is 1.65. The maximum Gasteiger partial charge on any atom is 0.271 e. The molecule has 8 heteroatoms. The van der Waals surface area contributed by atoms with Crippen LogP contribution >= 0.6 is 11.6 Å². The molecule has 3 heterocycles. The van der Waals surface area contributed by atoms with E-state index < -0.39 is 4.92 Å². The van der Waals surface area contributed by atoms with Crippen LogP contribution in [0.25, 0.3) is 5.65 Å². The van der Waals surface area contributed by atoms with Crippen LogP contribution in [0.5, 0.6) is 0 Å². The van der Waals surface area contributed by atoms with E-state index in [4.69, 9.17) is 11.6 Å². The molecular formula is C17H16ClN5O2. The Labute approximate surface area is 149 Å². The highest BCUT2D eigenvalue weighted by molar-refractivity contribution is 6.33. The van der Waals surface area contributed by atoms with Gasteiger partial charge in [0.25, 0.3) is 5.69 Å². The first kappa shape index (κ1) is 15.8. The SMILES string of the molecule is O=[N+]([O-])c1ccc(N2CCC(c3nnc4ccccn34)CC2)c(Cl)c1. The van der Waals surface area contributed by atoms with Crippen LogP contribution in [0.4, 0.5) is 11.4 Å². The van der Waals surface area contributed by atoms with E-state index in [9.17, 15) is 10.1 Å². The highest BCUT2D eigenvalue weighted by Gasteiger charge is 2.26. The molecule has 7 nitrogen and oxygen atoms in total. The summed E-state index contributed by atoms with van der Waals surface area (Å²) in [4.78, 5) is 12.6. The topological polar surface area (TPSA) is 76.6 Å². The number of halogens is 1. The van der Waals surface area contributed by atoms with Crippen molar-refractivity contribution in [3.63, 3.8) is 0 Å². The van der Waals surface area contributed by atoms with Crippen molar-refractivity contribution >= 4 is 28.6 Å². The molecule has 0 amide bonds. The summed E-state index contributed by atoms with van der Waals surface area (Å²) >= 11 is 6.25. The molecular weight excluding hydrogens is 342 g/mol. The van der Waals surface area contributed by atoms with Gasteiger partial charge in [-0.15, -0.1) is 10.2 Å². The third kappa shape index (κ3) is 2.91. The third-order valence-corrected chi connectivity index (χ3v) is 4.99. The fraction of sp³-hybridized carbons (Fsp3) is 0.294. The Hall–Kier alpha value is -2.67. The van der Waals surface area contributed by atoms with Crippen molar-refractivity contribution in [3.8, 4) is 0 Å². The summed E-state index contributed by atoms with van der Waals surface area (Å²) < 4.78 is 2.04. The second kappa shape index (κ2) is 6.33. The van der Waals surface area contributed by atoms with E-state index >= 15 is 0 Å². The first-order valence-corrected chi connectivity index (χ1v) is 8.50. The first-order chi connectivity index (χ1) is 12.1. The summed E-state index contributed by atoms with van der Waals surface area (Å²) in [5, 5.41) is 19.8. The lowest BCUT2D eigenvalue weighted by atomic mass is 9.95. The molecule has 1 aromatic carbocycles. The highest BCUT2D eigenvalue weighted by Crippen LogP contribution is 2.34. The maximum absolute atomic E-state index is 10.8. The van der Waals surface area contributed by atoms with Gasteiger partial charge in [-0.2, -0.15) is 0 Å². The number of nitrogens with zero attached hydrogens (tertiary/aromatic N) is 5. The monoisotopic (exact) mass is 357 g/mol. The van der Waals surface area contributed by atoms with Gasteiger partial charge in [0.15, 0.2) is 5.65 Å². The van der Waals surface area contributed by atoms with Crippen LogP contribution in [0, 0.1) is 10.1 Å². The molecule has 0 unspecified atom stereocenters. The van der Waals surface area contributed by atoms with Gasteiger partial charge in [-0.3, -0.25) is 14.5 Å². The normalized spacial score (nSPS) is 15.6. The van der Waals surface area contributed by atoms with E-state index in [1.165, 1.54) is 12.1 Å². The molecule has 0 spiro atoms. The minimum absolute atomic E-state index is 0.0126. The Bertz CT molecular complexity index is 934. The summed E-state index contributed by atoms with van der Waals surface area (Å²) in [6, 6.07) is 10.5. The van der Waals surface area contributed by atoms with Gasteiger partial charge in [0.05, 0.1) is 15.6 Å². The Balaban J connectivity index is 1.51. The number of non-ortho nitro benzene ring substituents is 1. The van der Waals surface area contributed by atoms with Gasteiger partial charge in [-0.05, 0) is 31.0 Å². The third-order valence-electron chi connectivity index (χ3n) is 4.68. The Morgan fingerprint density at radius 3 is 2.68 bits per heavy atom. The molecule has 128 valence electrons. The van der Waals surface area contributed by atoms with Crippen LogP contribution in [0.2, 0.25) is 5.02 Å². The second-order valence-corrected chi connectivity index (χ2v) is 6.55. The van der Waals surface area contributed by atoms with Gasteiger partial charge in [-0.1, -0.05) is 17.7 Å². The number of nitro benzene ring substituents is 1. The average molecular weight is 358 g/mol. The molecule has 0 N–H and O–H groups in total. The number of hydrogen-bond donors (Lipinski definition) is 0. The molecule has 0 bridgehead atoms. The van der Waals surface area contributed by atoms with Crippen molar-refractivity contribution < 1.29 is 4.92 Å². The largest absolute Gasteiger partial charge is 0.370 e. The molecule has 1 aliphatic heterocycles. The molecule has 0 aliphatic carbocycles. The van der Waals surface area contributed by atoms with Crippen LogP contribution in [0.15, 0.2) is 42.6 Å². The van der Waals surface area contributed by atoms with Gasteiger partial charge in [0.2, 0.25) is 0 Å². The number of anilines is 1. The lowest BCUT2D eigenvalue weighted by molar-refractivity contribution is -0.384. The van der Waals surface area contributed by atoms with Crippen molar-refractivity contribution in [2.75, 3.05) is 18.0 Å². The molecule has 4 rings (SSSR count). The van der Waals surface area contributed by atoms with Gasteiger partial charge < -0.3 is 4.90 Å². The number of pyridine rings is 1. The zero-order valence-electron chi connectivity index (χ0n) is 13.4. The average Bonchev–Trinajstić information content (AvgIpc) is 3.06. The second-order valence-electron chi connectivity index (χ2n) is 6.14.